The highest BCUT2D eigenvalue weighted by Crippen LogP contribution is 2.23. The van der Waals surface area contributed by atoms with E-state index in [-0.39, 0.29) is 0 Å². The Morgan fingerprint density at radius 2 is 2.38 bits per heavy atom. The highest BCUT2D eigenvalue weighted by Gasteiger charge is 2.00. The predicted molar refractivity (Wildman–Crippen MR) is 62.7 cm³/mol. The van der Waals surface area contributed by atoms with E-state index in [2.05, 4.69) is 18.8 Å². The molecule has 0 bridgehead atoms. The lowest BCUT2D eigenvalue weighted by Gasteiger charge is -2.02. The number of halogens is 1. The zero-order valence-electron chi connectivity index (χ0n) is 7.92. The van der Waals surface area contributed by atoms with Crippen LogP contribution in [0.2, 0.25) is 4.47 Å². The van der Waals surface area contributed by atoms with Gasteiger partial charge in [0.1, 0.15) is 0 Å². The number of nitrogens with zero attached hydrogens (tertiary/aromatic N) is 1. The zero-order chi connectivity index (χ0) is 9.68. The van der Waals surface area contributed by atoms with Gasteiger partial charge in [-0.25, -0.2) is 4.98 Å². The first kappa shape index (κ1) is 11.3. The summed E-state index contributed by atoms with van der Waals surface area (Å²) in [7, 11) is 0. The Balaban J connectivity index is 2.13. The molecule has 4 heteroatoms. The van der Waals surface area contributed by atoms with Crippen molar-refractivity contribution < 1.29 is 0 Å². The average Bonchev–Trinajstić information content (AvgIpc) is 2.45. The Hall–Kier alpha value is 0.270. The van der Waals surface area contributed by atoms with Crippen LogP contribution in [0.25, 0.3) is 0 Å². The minimum atomic E-state index is 0.652. The molecule has 0 aromatic carbocycles. The van der Waals surface area contributed by atoms with E-state index in [9.17, 15) is 0 Å². The van der Waals surface area contributed by atoms with Crippen LogP contribution in [0.5, 0.6) is 0 Å². The SMILES string of the molecule is CC(C)CCSCc1cnc(Cl)s1. The molecule has 0 aliphatic heterocycles. The van der Waals surface area contributed by atoms with Crippen LogP contribution >= 0.6 is 34.7 Å². The minimum absolute atomic E-state index is 0.652. The summed E-state index contributed by atoms with van der Waals surface area (Å²) in [6.07, 6.45) is 3.16. The summed E-state index contributed by atoms with van der Waals surface area (Å²) in [5, 5.41) is 0. The third kappa shape index (κ3) is 4.89. The molecular weight excluding hydrogens is 222 g/mol. The summed E-state index contributed by atoms with van der Waals surface area (Å²) < 4.78 is 0.652. The number of aromatic nitrogens is 1. The van der Waals surface area contributed by atoms with Gasteiger partial charge in [-0.15, -0.1) is 11.3 Å². The normalized spacial score (nSPS) is 11.1. The first-order chi connectivity index (χ1) is 6.18. The molecule has 0 saturated carbocycles. The van der Waals surface area contributed by atoms with Crippen LogP contribution < -0.4 is 0 Å². The second-order valence-corrected chi connectivity index (χ2v) is 6.12. The molecule has 0 aliphatic rings. The van der Waals surface area contributed by atoms with Crippen molar-refractivity contribution in [3.05, 3.63) is 15.5 Å². The quantitative estimate of drug-likeness (QED) is 0.714. The maximum Gasteiger partial charge on any atom is 0.183 e. The van der Waals surface area contributed by atoms with Crippen molar-refractivity contribution in [1.29, 1.82) is 0 Å². The van der Waals surface area contributed by atoms with E-state index in [1.165, 1.54) is 17.1 Å². The van der Waals surface area contributed by atoms with Crippen molar-refractivity contribution >= 4 is 34.7 Å². The lowest BCUT2D eigenvalue weighted by Crippen LogP contribution is -1.89. The van der Waals surface area contributed by atoms with Gasteiger partial charge in [-0.3, -0.25) is 0 Å². The van der Waals surface area contributed by atoms with E-state index in [1.807, 2.05) is 18.0 Å². The molecule has 0 amide bonds. The molecule has 1 nitrogen and oxygen atoms in total. The molecule has 1 aromatic rings. The standard InChI is InChI=1S/C9H14ClNS2/c1-7(2)3-4-12-6-8-5-11-9(10)13-8/h5,7H,3-4,6H2,1-2H3. The molecule has 0 unspecified atom stereocenters. The van der Waals surface area contributed by atoms with E-state index in [4.69, 9.17) is 11.6 Å². The molecule has 0 spiro atoms. The maximum atomic E-state index is 5.72. The number of thiazole rings is 1. The van der Waals surface area contributed by atoms with Gasteiger partial charge < -0.3 is 0 Å². The molecule has 0 N–H and O–H groups in total. The molecule has 0 aliphatic carbocycles. The van der Waals surface area contributed by atoms with Crippen molar-refractivity contribution in [3.63, 3.8) is 0 Å². The van der Waals surface area contributed by atoms with Gasteiger partial charge in [0.05, 0.1) is 0 Å². The Labute approximate surface area is 92.9 Å². The Morgan fingerprint density at radius 3 is 2.92 bits per heavy atom. The molecule has 1 rings (SSSR count). The molecule has 0 radical (unpaired) electrons. The van der Waals surface area contributed by atoms with Crippen LogP contribution in [-0.4, -0.2) is 10.7 Å². The molecule has 0 atom stereocenters. The van der Waals surface area contributed by atoms with Gasteiger partial charge in [0.15, 0.2) is 4.47 Å². The maximum absolute atomic E-state index is 5.72. The Bertz CT molecular complexity index is 248. The van der Waals surface area contributed by atoms with Crippen molar-refractivity contribution in [2.45, 2.75) is 26.0 Å². The van der Waals surface area contributed by atoms with Crippen molar-refractivity contribution in [1.82, 2.24) is 4.98 Å². The third-order valence-electron chi connectivity index (χ3n) is 1.61. The molecule has 1 heterocycles. The van der Waals surface area contributed by atoms with Crippen LogP contribution in [0.3, 0.4) is 0 Å². The third-order valence-corrected chi connectivity index (χ3v) is 3.95. The Morgan fingerprint density at radius 1 is 1.62 bits per heavy atom. The summed E-state index contributed by atoms with van der Waals surface area (Å²) in [6.45, 7) is 4.51. The summed E-state index contributed by atoms with van der Waals surface area (Å²) in [4.78, 5) is 5.28. The topological polar surface area (TPSA) is 12.9 Å². The van der Waals surface area contributed by atoms with Gasteiger partial charge in [0.25, 0.3) is 0 Å². The molecule has 13 heavy (non-hydrogen) atoms. The van der Waals surface area contributed by atoms with Crippen LogP contribution in [0.1, 0.15) is 25.1 Å². The molecule has 74 valence electrons. The van der Waals surface area contributed by atoms with Crippen molar-refractivity contribution in [3.8, 4) is 0 Å². The van der Waals surface area contributed by atoms with E-state index in [0.29, 0.717) is 4.47 Å². The van der Waals surface area contributed by atoms with Crippen LogP contribution in [0.15, 0.2) is 6.20 Å². The monoisotopic (exact) mass is 235 g/mol. The lowest BCUT2D eigenvalue weighted by atomic mass is 10.2. The van der Waals surface area contributed by atoms with E-state index in [1.54, 1.807) is 11.3 Å². The summed E-state index contributed by atoms with van der Waals surface area (Å²) >= 11 is 9.26. The van der Waals surface area contributed by atoms with Crippen LogP contribution in [0.4, 0.5) is 0 Å². The molecule has 1 aromatic heterocycles. The summed E-state index contributed by atoms with van der Waals surface area (Å²) in [5.74, 6) is 3.09. The summed E-state index contributed by atoms with van der Waals surface area (Å²) in [6, 6.07) is 0. The zero-order valence-corrected chi connectivity index (χ0v) is 10.3. The van der Waals surface area contributed by atoms with Crippen LogP contribution in [0, 0.1) is 5.92 Å². The first-order valence-corrected chi connectivity index (χ1v) is 6.71. The van der Waals surface area contributed by atoms with Gasteiger partial charge in [0.2, 0.25) is 0 Å². The lowest BCUT2D eigenvalue weighted by molar-refractivity contribution is 0.632. The fourth-order valence-electron chi connectivity index (χ4n) is 0.842. The summed E-state index contributed by atoms with van der Waals surface area (Å²) in [5.41, 5.74) is 0. The average molecular weight is 236 g/mol. The van der Waals surface area contributed by atoms with Crippen LogP contribution in [-0.2, 0) is 5.75 Å². The number of rotatable bonds is 5. The second kappa shape index (κ2) is 5.89. The van der Waals surface area contributed by atoms with Gasteiger partial charge in [-0.2, -0.15) is 11.8 Å². The highest BCUT2D eigenvalue weighted by molar-refractivity contribution is 7.98. The Kier molecular flexibility index (Phi) is 5.14. The molecular formula is C9H14ClNS2. The van der Waals surface area contributed by atoms with Gasteiger partial charge in [-0.1, -0.05) is 25.4 Å². The fraction of sp³-hybridized carbons (Fsp3) is 0.667. The number of hydrogen-bond acceptors (Lipinski definition) is 3. The smallest absolute Gasteiger partial charge is 0.183 e. The first-order valence-electron chi connectivity index (χ1n) is 4.36. The minimum Gasteiger partial charge on any atom is -0.233 e. The number of hydrogen-bond donors (Lipinski definition) is 0. The number of thioether (sulfide) groups is 1. The van der Waals surface area contributed by atoms with Gasteiger partial charge >= 0.3 is 0 Å². The fourth-order valence-corrected chi connectivity index (χ4v) is 3.16. The molecule has 0 fully saturated rings. The largest absolute Gasteiger partial charge is 0.233 e. The van der Waals surface area contributed by atoms with E-state index >= 15 is 0 Å². The van der Waals surface area contributed by atoms with Gasteiger partial charge in [0, 0.05) is 16.8 Å². The van der Waals surface area contributed by atoms with Crippen molar-refractivity contribution in [2.24, 2.45) is 5.92 Å². The van der Waals surface area contributed by atoms with Gasteiger partial charge in [-0.05, 0) is 18.1 Å². The van der Waals surface area contributed by atoms with E-state index in [0.717, 1.165) is 11.7 Å². The van der Waals surface area contributed by atoms with E-state index < -0.39 is 0 Å². The second-order valence-electron chi connectivity index (χ2n) is 3.31. The predicted octanol–water partition coefficient (Wildman–Crippen LogP) is 4.08. The highest BCUT2D eigenvalue weighted by atomic mass is 35.5. The van der Waals surface area contributed by atoms with Crippen molar-refractivity contribution in [2.75, 3.05) is 5.75 Å². The molecule has 0 saturated heterocycles.